The van der Waals surface area contributed by atoms with Gasteiger partial charge < -0.3 is 10.6 Å². The van der Waals surface area contributed by atoms with Crippen molar-refractivity contribution in [1.82, 2.24) is 10.3 Å². The molecule has 116 valence electrons. The van der Waals surface area contributed by atoms with Crippen molar-refractivity contribution in [2.24, 2.45) is 0 Å². The third-order valence-electron chi connectivity index (χ3n) is 3.57. The Kier molecular flexibility index (Phi) is 6.36. The molecule has 0 radical (unpaired) electrons. The second kappa shape index (κ2) is 8.03. The van der Waals surface area contributed by atoms with E-state index in [0.29, 0.717) is 16.6 Å². The van der Waals surface area contributed by atoms with Crippen LogP contribution in [0.15, 0.2) is 16.7 Å². The van der Waals surface area contributed by atoms with E-state index in [2.05, 4.69) is 38.5 Å². The largest absolute Gasteiger partial charge is 0.370 e. The number of anilines is 1. The summed E-state index contributed by atoms with van der Waals surface area (Å²) in [7, 11) is 0. The molecule has 1 aromatic heterocycles. The molecule has 1 saturated carbocycles. The second-order valence-electron chi connectivity index (χ2n) is 5.14. The summed E-state index contributed by atoms with van der Waals surface area (Å²) in [5.41, 5.74) is 0.609. The van der Waals surface area contributed by atoms with Crippen LogP contribution in [0.5, 0.6) is 0 Å². The Morgan fingerprint density at radius 3 is 3.00 bits per heavy atom. The highest BCUT2D eigenvalue weighted by atomic mass is 79.9. The molecule has 1 aliphatic carbocycles. The monoisotopic (exact) mass is 371 g/mol. The molecule has 2 N–H and O–H groups in total. The molecule has 1 heterocycles. The normalized spacial score (nSPS) is 21.3. The number of halogens is 1. The third-order valence-corrected chi connectivity index (χ3v) is 5.23. The molecule has 4 nitrogen and oxygen atoms in total. The van der Waals surface area contributed by atoms with Crippen molar-refractivity contribution >= 4 is 39.4 Å². The third kappa shape index (κ3) is 4.61. The van der Waals surface area contributed by atoms with Crippen molar-refractivity contribution in [3.05, 3.63) is 22.3 Å². The van der Waals surface area contributed by atoms with E-state index in [4.69, 9.17) is 0 Å². The van der Waals surface area contributed by atoms with E-state index >= 15 is 0 Å². The summed E-state index contributed by atoms with van der Waals surface area (Å²) in [6, 6.07) is 2.11. The number of nitrogens with zero attached hydrogens (tertiary/aromatic N) is 1. The number of carbonyl (C=O) groups excluding carboxylic acids is 1. The number of nitrogens with one attached hydrogen (secondary N) is 2. The van der Waals surface area contributed by atoms with Gasteiger partial charge in [-0.05, 0) is 53.9 Å². The van der Waals surface area contributed by atoms with Gasteiger partial charge >= 0.3 is 0 Å². The number of amides is 1. The molecule has 0 spiro atoms. The standard InChI is InChI=1S/C15H22BrN3OS/c1-3-17-14-13(7-10(16)9-18-14)15(20)19-11-5-6-12(8-11)21-4-2/h7,9,11-12H,3-6,8H2,1-2H3,(H,17,18)(H,19,20). The summed E-state index contributed by atoms with van der Waals surface area (Å²) in [6.45, 7) is 4.93. The average molecular weight is 372 g/mol. The van der Waals surface area contributed by atoms with Crippen LogP contribution in [0.25, 0.3) is 0 Å². The highest BCUT2D eigenvalue weighted by Crippen LogP contribution is 2.30. The van der Waals surface area contributed by atoms with E-state index in [-0.39, 0.29) is 11.9 Å². The van der Waals surface area contributed by atoms with Crippen LogP contribution in [0.1, 0.15) is 43.5 Å². The molecule has 0 bridgehead atoms. The lowest BCUT2D eigenvalue weighted by Crippen LogP contribution is -2.33. The number of hydrogen-bond donors (Lipinski definition) is 2. The van der Waals surface area contributed by atoms with Gasteiger partial charge in [0.15, 0.2) is 0 Å². The van der Waals surface area contributed by atoms with Gasteiger partial charge in [-0.2, -0.15) is 11.8 Å². The molecule has 1 aliphatic rings. The molecular formula is C15H22BrN3OS. The van der Waals surface area contributed by atoms with Crippen molar-refractivity contribution in [2.75, 3.05) is 17.6 Å². The lowest BCUT2D eigenvalue weighted by molar-refractivity contribution is 0.0938. The predicted molar refractivity (Wildman–Crippen MR) is 93.1 cm³/mol. The SMILES string of the molecule is CCNc1ncc(Br)cc1C(=O)NC1CCC(SCC)C1. The van der Waals surface area contributed by atoms with E-state index in [1.54, 1.807) is 6.20 Å². The Labute approximate surface area is 139 Å². The molecule has 1 amide bonds. The van der Waals surface area contributed by atoms with Crippen LogP contribution in [-0.4, -0.2) is 34.5 Å². The molecular weight excluding hydrogens is 350 g/mol. The maximum atomic E-state index is 12.5. The summed E-state index contributed by atoms with van der Waals surface area (Å²) in [4.78, 5) is 16.8. The first-order chi connectivity index (χ1) is 10.1. The molecule has 1 fully saturated rings. The van der Waals surface area contributed by atoms with Gasteiger partial charge in [-0.25, -0.2) is 4.98 Å². The smallest absolute Gasteiger partial charge is 0.255 e. The first kappa shape index (κ1) is 16.6. The molecule has 1 aromatic rings. The molecule has 2 atom stereocenters. The van der Waals surface area contributed by atoms with E-state index < -0.39 is 0 Å². The van der Waals surface area contributed by atoms with Gasteiger partial charge in [0.2, 0.25) is 0 Å². The zero-order valence-electron chi connectivity index (χ0n) is 12.5. The Balaban J connectivity index is 2.02. The van der Waals surface area contributed by atoms with Crippen LogP contribution in [0, 0.1) is 0 Å². The zero-order chi connectivity index (χ0) is 15.2. The van der Waals surface area contributed by atoms with Gasteiger partial charge in [0.25, 0.3) is 5.91 Å². The van der Waals surface area contributed by atoms with E-state index in [9.17, 15) is 4.79 Å². The summed E-state index contributed by atoms with van der Waals surface area (Å²) in [6.07, 6.45) is 5.04. The fourth-order valence-corrected chi connectivity index (χ4v) is 4.12. The molecule has 0 aromatic carbocycles. The first-order valence-electron chi connectivity index (χ1n) is 7.45. The predicted octanol–water partition coefficient (Wildman–Crippen LogP) is 3.68. The van der Waals surface area contributed by atoms with Crippen LogP contribution in [0.2, 0.25) is 0 Å². The van der Waals surface area contributed by atoms with Gasteiger partial charge in [-0.1, -0.05) is 6.92 Å². The minimum absolute atomic E-state index is 0.0353. The molecule has 0 saturated heterocycles. The maximum Gasteiger partial charge on any atom is 0.255 e. The lowest BCUT2D eigenvalue weighted by Gasteiger charge is -2.15. The van der Waals surface area contributed by atoms with Gasteiger partial charge in [-0.15, -0.1) is 0 Å². The van der Waals surface area contributed by atoms with Gasteiger partial charge in [-0.3, -0.25) is 4.79 Å². The highest BCUT2D eigenvalue weighted by Gasteiger charge is 2.26. The average Bonchev–Trinajstić information content (AvgIpc) is 2.88. The van der Waals surface area contributed by atoms with Crippen molar-refractivity contribution in [3.8, 4) is 0 Å². The molecule has 0 aliphatic heterocycles. The molecule has 2 unspecified atom stereocenters. The van der Waals surface area contributed by atoms with Crippen molar-refractivity contribution in [1.29, 1.82) is 0 Å². The number of pyridine rings is 1. The van der Waals surface area contributed by atoms with Crippen LogP contribution in [0.4, 0.5) is 5.82 Å². The van der Waals surface area contributed by atoms with Crippen molar-refractivity contribution in [2.45, 2.75) is 44.4 Å². The minimum atomic E-state index is -0.0353. The Hall–Kier alpha value is -0.750. The van der Waals surface area contributed by atoms with E-state index in [1.165, 1.54) is 6.42 Å². The summed E-state index contributed by atoms with van der Waals surface area (Å²) < 4.78 is 0.820. The maximum absolute atomic E-state index is 12.5. The van der Waals surface area contributed by atoms with Gasteiger partial charge in [0.1, 0.15) is 5.82 Å². The molecule has 21 heavy (non-hydrogen) atoms. The highest BCUT2D eigenvalue weighted by molar-refractivity contribution is 9.10. The molecule has 6 heteroatoms. The Morgan fingerprint density at radius 2 is 2.29 bits per heavy atom. The molecule has 2 rings (SSSR count). The van der Waals surface area contributed by atoms with Crippen LogP contribution in [-0.2, 0) is 0 Å². The summed E-state index contributed by atoms with van der Waals surface area (Å²) in [5.74, 6) is 1.76. The summed E-state index contributed by atoms with van der Waals surface area (Å²) in [5, 5.41) is 6.99. The summed E-state index contributed by atoms with van der Waals surface area (Å²) >= 11 is 5.38. The second-order valence-corrected chi connectivity index (χ2v) is 7.63. The fourth-order valence-electron chi connectivity index (χ4n) is 2.64. The van der Waals surface area contributed by atoms with Crippen LogP contribution in [0.3, 0.4) is 0 Å². The van der Waals surface area contributed by atoms with Crippen LogP contribution >= 0.6 is 27.7 Å². The number of carbonyl (C=O) groups is 1. The van der Waals surface area contributed by atoms with Crippen molar-refractivity contribution < 1.29 is 4.79 Å². The number of rotatable bonds is 6. The lowest BCUT2D eigenvalue weighted by atomic mass is 10.2. The van der Waals surface area contributed by atoms with Crippen LogP contribution < -0.4 is 10.6 Å². The Bertz CT molecular complexity index is 498. The quantitative estimate of drug-likeness (QED) is 0.800. The fraction of sp³-hybridized carbons (Fsp3) is 0.600. The number of aromatic nitrogens is 1. The van der Waals surface area contributed by atoms with E-state index in [0.717, 1.165) is 29.6 Å². The van der Waals surface area contributed by atoms with Gasteiger partial charge in [0, 0.05) is 28.5 Å². The van der Waals surface area contributed by atoms with E-state index in [1.807, 2.05) is 24.8 Å². The number of hydrogen-bond acceptors (Lipinski definition) is 4. The minimum Gasteiger partial charge on any atom is -0.370 e. The zero-order valence-corrected chi connectivity index (χ0v) is 14.9. The number of thioether (sulfide) groups is 1. The first-order valence-corrected chi connectivity index (χ1v) is 9.30. The Morgan fingerprint density at radius 1 is 1.48 bits per heavy atom. The van der Waals surface area contributed by atoms with Crippen molar-refractivity contribution in [3.63, 3.8) is 0 Å². The van der Waals surface area contributed by atoms with Gasteiger partial charge in [0.05, 0.1) is 5.56 Å². The topological polar surface area (TPSA) is 54.0 Å².